The van der Waals surface area contributed by atoms with Crippen molar-refractivity contribution in [2.24, 2.45) is 0 Å². The van der Waals surface area contributed by atoms with Crippen molar-refractivity contribution in [2.75, 3.05) is 18.9 Å². The van der Waals surface area contributed by atoms with Crippen molar-refractivity contribution < 1.29 is 28.5 Å². The second-order valence-corrected chi connectivity index (χ2v) is 11.9. The normalized spacial score (nSPS) is 23.8. The third-order valence-corrected chi connectivity index (χ3v) is 8.54. The fourth-order valence-electron chi connectivity index (χ4n) is 6.75. The zero-order valence-electron chi connectivity index (χ0n) is 25.8. The van der Waals surface area contributed by atoms with Gasteiger partial charge >= 0.3 is 6.09 Å². The van der Waals surface area contributed by atoms with Gasteiger partial charge in [-0.3, -0.25) is 0 Å². The number of nitrogens with zero attached hydrogens (tertiary/aromatic N) is 2. The van der Waals surface area contributed by atoms with Gasteiger partial charge in [-0.25, -0.2) is 9.36 Å². The third kappa shape index (κ3) is 5.20. The number of rotatable bonds is 8. The molecule has 45 heavy (non-hydrogen) atoms. The predicted octanol–water partition coefficient (Wildman–Crippen LogP) is 6.31. The first-order chi connectivity index (χ1) is 21.6. The van der Waals surface area contributed by atoms with Crippen LogP contribution in [0.15, 0.2) is 97.2 Å². The van der Waals surface area contributed by atoms with Crippen LogP contribution >= 0.6 is 0 Å². The number of hydrogen-bond acceptors (Lipinski definition) is 8. The van der Waals surface area contributed by atoms with Gasteiger partial charge in [0.1, 0.15) is 35.6 Å². The van der Waals surface area contributed by atoms with Crippen LogP contribution in [0.5, 0.6) is 0 Å². The molecule has 0 radical (unpaired) electrons. The first-order valence-corrected chi connectivity index (χ1v) is 15.1. The quantitative estimate of drug-likeness (QED) is 0.232. The summed E-state index contributed by atoms with van der Waals surface area (Å²) in [6, 6.07) is 32.3. The minimum absolute atomic E-state index is 0.0266. The van der Waals surface area contributed by atoms with Crippen molar-refractivity contribution in [3.63, 3.8) is 0 Å². The number of aromatic nitrogens is 1. The van der Waals surface area contributed by atoms with Crippen LogP contribution in [0.2, 0.25) is 0 Å². The molecule has 3 aromatic carbocycles. The van der Waals surface area contributed by atoms with Gasteiger partial charge in [0.15, 0.2) is 11.5 Å². The van der Waals surface area contributed by atoms with Gasteiger partial charge in [0, 0.05) is 11.8 Å². The van der Waals surface area contributed by atoms with E-state index in [-0.39, 0.29) is 24.6 Å². The summed E-state index contributed by atoms with van der Waals surface area (Å²) < 4.78 is 33.1. The van der Waals surface area contributed by atoms with E-state index in [1.54, 1.807) is 6.92 Å². The summed E-state index contributed by atoms with van der Waals surface area (Å²) >= 11 is 0. The molecule has 0 saturated carbocycles. The van der Waals surface area contributed by atoms with Crippen LogP contribution in [0, 0.1) is 11.3 Å². The average Bonchev–Trinajstić information content (AvgIpc) is 3.61. The Hall–Kier alpha value is -4.46. The second kappa shape index (κ2) is 11.8. The summed E-state index contributed by atoms with van der Waals surface area (Å²) in [6.07, 6.45) is -1.14. The molecule has 0 aliphatic carbocycles. The summed E-state index contributed by atoms with van der Waals surface area (Å²) in [5.41, 5.74) is 7.91. The van der Waals surface area contributed by atoms with E-state index in [1.807, 2.05) is 81.4 Å². The number of carbonyl (C=O) groups excluding carboxylic acids is 1. The number of benzene rings is 3. The SMILES string of the molecule is CCOC(=O)n1cc([C@H]2OC(COC(c3ccccc3)(c3ccccc3)c3ccccc3)[C@H]3OC(C)(C)O[C@@]23C)c(N)c1C#N. The molecule has 2 aliphatic heterocycles. The third-order valence-electron chi connectivity index (χ3n) is 8.54. The Balaban J connectivity index is 1.42. The van der Waals surface area contributed by atoms with Crippen molar-refractivity contribution in [2.45, 2.75) is 63.0 Å². The molecule has 2 saturated heterocycles. The summed E-state index contributed by atoms with van der Waals surface area (Å²) in [4.78, 5) is 12.7. The maximum atomic E-state index is 12.7. The van der Waals surface area contributed by atoms with Gasteiger partial charge in [-0.1, -0.05) is 91.0 Å². The van der Waals surface area contributed by atoms with E-state index >= 15 is 0 Å². The van der Waals surface area contributed by atoms with E-state index in [0.717, 1.165) is 21.3 Å². The van der Waals surface area contributed by atoms with Crippen LogP contribution in [0.4, 0.5) is 10.5 Å². The van der Waals surface area contributed by atoms with Crippen LogP contribution in [0.25, 0.3) is 0 Å². The highest BCUT2D eigenvalue weighted by Crippen LogP contribution is 2.54. The number of hydrogen-bond donors (Lipinski definition) is 1. The molecule has 1 unspecified atom stereocenters. The van der Waals surface area contributed by atoms with Crippen LogP contribution in [0.1, 0.15) is 61.7 Å². The van der Waals surface area contributed by atoms with Gasteiger partial charge in [-0.05, 0) is 44.4 Å². The van der Waals surface area contributed by atoms with Gasteiger partial charge in [0.05, 0.1) is 18.9 Å². The fraction of sp³-hybridized carbons (Fsp3) is 0.333. The molecule has 1 aromatic heterocycles. The summed E-state index contributed by atoms with van der Waals surface area (Å²) in [5, 5.41) is 9.88. The zero-order chi connectivity index (χ0) is 31.8. The molecule has 2 N–H and O–H groups in total. The number of carbonyl (C=O) groups is 1. The minimum Gasteiger partial charge on any atom is -0.449 e. The van der Waals surface area contributed by atoms with Gasteiger partial charge in [0.25, 0.3) is 0 Å². The molecule has 9 heteroatoms. The van der Waals surface area contributed by atoms with Crippen LogP contribution in [0.3, 0.4) is 0 Å². The number of nitrogen functional groups attached to an aromatic ring is 1. The highest BCUT2D eigenvalue weighted by atomic mass is 16.8. The molecular formula is C36H37N3O6. The molecular weight excluding hydrogens is 570 g/mol. The van der Waals surface area contributed by atoms with Crippen molar-refractivity contribution >= 4 is 11.8 Å². The van der Waals surface area contributed by atoms with Gasteiger partial charge in [-0.2, -0.15) is 5.26 Å². The van der Waals surface area contributed by atoms with Gasteiger partial charge < -0.3 is 29.4 Å². The summed E-state index contributed by atoms with van der Waals surface area (Å²) in [7, 11) is 0. The molecule has 232 valence electrons. The number of nitriles is 1. The summed E-state index contributed by atoms with van der Waals surface area (Å²) in [6.45, 7) is 7.57. The minimum atomic E-state index is -1.02. The molecule has 9 nitrogen and oxygen atoms in total. The van der Waals surface area contributed by atoms with E-state index < -0.39 is 41.4 Å². The topological polar surface area (TPSA) is 118 Å². The molecule has 2 fully saturated rings. The molecule has 6 rings (SSSR count). The Labute approximate surface area is 263 Å². The first-order valence-electron chi connectivity index (χ1n) is 15.1. The number of anilines is 1. The Morgan fingerprint density at radius 1 is 0.956 bits per heavy atom. The lowest BCUT2D eigenvalue weighted by Gasteiger charge is -2.37. The predicted molar refractivity (Wildman–Crippen MR) is 167 cm³/mol. The van der Waals surface area contributed by atoms with Crippen LogP contribution < -0.4 is 5.73 Å². The molecule has 0 spiro atoms. The molecule has 2 aliphatic rings. The Morgan fingerprint density at radius 3 is 1.98 bits per heavy atom. The maximum Gasteiger partial charge on any atom is 0.419 e. The number of ether oxygens (including phenoxy) is 5. The van der Waals surface area contributed by atoms with E-state index in [2.05, 4.69) is 36.4 Å². The fourth-order valence-corrected chi connectivity index (χ4v) is 6.75. The van der Waals surface area contributed by atoms with E-state index in [4.69, 9.17) is 29.4 Å². The average molecular weight is 608 g/mol. The van der Waals surface area contributed by atoms with Crippen molar-refractivity contribution in [1.82, 2.24) is 4.57 Å². The lowest BCUT2D eigenvalue weighted by atomic mass is 9.80. The molecule has 0 bridgehead atoms. The lowest BCUT2D eigenvalue weighted by molar-refractivity contribution is -0.210. The maximum absolute atomic E-state index is 12.7. The monoisotopic (exact) mass is 607 g/mol. The standard InChI is InChI=1S/C36H37N3O6/c1-5-41-33(40)39-22-27(30(38)28(39)21-37)31-35(4)32(44-34(2,3)45-35)29(43-31)23-42-36(24-15-9-6-10-16-24,25-17-11-7-12-18-25)26-19-13-8-14-20-26/h6-20,22,29,31-32H,5,23,38H2,1-4H3/t29?,31-,32-,35+/m1/s1. The van der Waals surface area contributed by atoms with E-state index in [0.29, 0.717) is 5.56 Å². The second-order valence-electron chi connectivity index (χ2n) is 11.9. The smallest absolute Gasteiger partial charge is 0.419 e. The van der Waals surface area contributed by atoms with E-state index in [9.17, 15) is 10.1 Å². The number of nitrogens with two attached hydrogens (primary N) is 1. The van der Waals surface area contributed by atoms with Crippen LogP contribution in [-0.2, 0) is 29.3 Å². The summed E-state index contributed by atoms with van der Waals surface area (Å²) in [5.74, 6) is -0.939. The van der Waals surface area contributed by atoms with Gasteiger partial charge in [-0.15, -0.1) is 0 Å². The molecule has 0 amide bonds. The molecule has 4 aromatic rings. The Morgan fingerprint density at radius 2 is 1.49 bits per heavy atom. The van der Waals surface area contributed by atoms with Crippen molar-refractivity contribution in [3.05, 3.63) is 125 Å². The van der Waals surface area contributed by atoms with Gasteiger partial charge in [0.2, 0.25) is 0 Å². The lowest BCUT2D eigenvalue weighted by Crippen LogP contribution is -2.42. The largest absolute Gasteiger partial charge is 0.449 e. The van der Waals surface area contributed by atoms with Crippen molar-refractivity contribution in [3.8, 4) is 6.07 Å². The first kappa shape index (κ1) is 30.6. The Kier molecular flexibility index (Phi) is 8.02. The zero-order valence-corrected chi connectivity index (χ0v) is 25.8. The van der Waals surface area contributed by atoms with Crippen LogP contribution in [-0.4, -0.2) is 47.5 Å². The molecule has 3 heterocycles. The Bertz CT molecular complexity index is 1600. The highest BCUT2D eigenvalue weighted by molar-refractivity contribution is 5.77. The number of fused-ring (bicyclic) bond motifs is 1. The molecule has 4 atom stereocenters. The van der Waals surface area contributed by atoms with Crippen molar-refractivity contribution in [1.29, 1.82) is 5.26 Å². The highest BCUT2D eigenvalue weighted by Gasteiger charge is 2.64. The van der Waals surface area contributed by atoms with E-state index in [1.165, 1.54) is 6.20 Å².